The first-order valence-electron chi connectivity index (χ1n) is 6.51. The van der Waals surface area contributed by atoms with Crippen molar-refractivity contribution in [3.63, 3.8) is 0 Å². The Morgan fingerprint density at radius 1 is 1.42 bits per heavy atom. The summed E-state index contributed by atoms with van der Waals surface area (Å²) in [4.78, 5) is 4.30. The summed E-state index contributed by atoms with van der Waals surface area (Å²) in [6, 6.07) is 5.26. The maximum atomic E-state index is 13.9. The van der Waals surface area contributed by atoms with Gasteiger partial charge in [-0.05, 0) is 26.5 Å². The molecule has 2 rings (SSSR count). The van der Waals surface area contributed by atoms with Crippen molar-refractivity contribution >= 4 is 0 Å². The van der Waals surface area contributed by atoms with Crippen LogP contribution in [0.25, 0.3) is 0 Å². The lowest BCUT2D eigenvalue weighted by Crippen LogP contribution is -2.19. The lowest BCUT2D eigenvalue weighted by molar-refractivity contribution is 0.500. The minimum Gasteiger partial charge on any atom is -0.338 e. The first-order chi connectivity index (χ1) is 9.11. The van der Waals surface area contributed by atoms with Gasteiger partial charge in [0.2, 0.25) is 0 Å². The predicted molar refractivity (Wildman–Crippen MR) is 74.5 cm³/mol. The standard InChI is InChI=1S/C15H20FN3/c1-11-4-5-13(16)12(10-11)14(17-2)6-7-15-18-8-9-19(15)3/h4-5,8-10,14,17H,6-7H2,1-3H3. The number of aryl methyl sites for hydroxylation is 3. The zero-order chi connectivity index (χ0) is 13.8. The highest BCUT2D eigenvalue weighted by Gasteiger charge is 2.15. The van der Waals surface area contributed by atoms with Crippen LogP contribution in [0.3, 0.4) is 0 Å². The van der Waals surface area contributed by atoms with E-state index in [1.165, 1.54) is 6.07 Å². The zero-order valence-corrected chi connectivity index (χ0v) is 11.7. The summed E-state index contributed by atoms with van der Waals surface area (Å²) in [5.41, 5.74) is 1.81. The third-order valence-electron chi connectivity index (χ3n) is 3.45. The predicted octanol–water partition coefficient (Wildman–Crippen LogP) is 2.76. The van der Waals surface area contributed by atoms with Gasteiger partial charge in [0.1, 0.15) is 11.6 Å². The number of imidazole rings is 1. The van der Waals surface area contributed by atoms with Crippen LogP contribution in [0.1, 0.15) is 29.4 Å². The van der Waals surface area contributed by atoms with E-state index in [0.717, 1.165) is 29.8 Å². The number of hydrogen-bond acceptors (Lipinski definition) is 2. The zero-order valence-electron chi connectivity index (χ0n) is 11.7. The topological polar surface area (TPSA) is 29.9 Å². The molecule has 4 heteroatoms. The lowest BCUT2D eigenvalue weighted by Gasteiger charge is -2.17. The average Bonchev–Trinajstić information content (AvgIpc) is 2.80. The van der Waals surface area contributed by atoms with Crippen LogP contribution in [0.2, 0.25) is 0 Å². The number of aromatic nitrogens is 2. The van der Waals surface area contributed by atoms with Crippen LogP contribution in [0.4, 0.5) is 4.39 Å². The fourth-order valence-electron chi connectivity index (χ4n) is 2.30. The second-order valence-electron chi connectivity index (χ2n) is 4.86. The van der Waals surface area contributed by atoms with E-state index in [1.54, 1.807) is 12.3 Å². The number of rotatable bonds is 5. The molecule has 0 radical (unpaired) electrons. The van der Waals surface area contributed by atoms with Crippen molar-refractivity contribution in [2.75, 3.05) is 7.05 Å². The van der Waals surface area contributed by atoms with Crippen molar-refractivity contribution in [3.05, 3.63) is 53.4 Å². The van der Waals surface area contributed by atoms with Crippen LogP contribution in [0.5, 0.6) is 0 Å². The molecule has 0 saturated carbocycles. The van der Waals surface area contributed by atoms with Crippen LogP contribution < -0.4 is 5.32 Å². The number of halogens is 1. The monoisotopic (exact) mass is 261 g/mol. The first-order valence-corrected chi connectivity index (χ1v) is 6.51. The van der Waals surface area contributed by atoms with Crippen LogP contribution in [0.15, 0.2) is 30.6 Å². The smallest absolute Gasteiger partial charge is 0.127 e. The quantitative estimate of drug-likeness (QED) is 0.897. The Morgan fingerprint density at radius 2 is 2.21 bits per heavy atom. The Kier molecular flexibility index (Phi) is 4.32. The highest BCUT2D eigenvalue weighted by Crippen LogP contribution is 2.22. The molecule has 1 atom stereocenters. The SMILES string of the molecule is CNC(CCc1nccn1C)c1cc(C)ccc1F. The van der Waals surface area contributed by atoms with Gasteiger partial charge in [0.25, 0.3) is 0 Å². The summed E-state index contributed by atoms with van der Waals surface area (Å²) < 4.78 is 15.9. The summed E-state index contributed by atoms with van der Waals surface area (Å²) in [5.74, 6) is 0.873. The minimum atomic E-state index is -0.148. The highest BCUT2D eigenvalue weighted by atomic mass is 19.1. The van der Waals surface area contributed by atoms with E-state index in [4.69, 9.17) is 0 Å². The minimum absolute atomic E-state index is 0.0107. The molecule has 1 N–H and O–H groups in total. The molecule has 0 spiro atoms. The third kappa shape index (κ3) is 3.20. The van der Waals surface area contributed by atoms with E-state index in [-0.39, 0.29) is 11.9 Å². The Balaban J connectivity index is 2.12. The van der Waals surface area contributed by atoms with Gasteiger partial charge in [-0.15, -0.1) is 0 Å². The summed E-state index contributed by atoms with van der Waals surface area (Å²) in [6.07, 6.45) is 5.36. The molecule has 1 unspecified atom stereocenters. The molecule has 1 heterocycles. The van der Waals surface area contributed by atoms with Gasteiger partial charge in [-0.1, -0.05) is 17.7 Å². The lowest BCUT2D eigenvalue weighted by atomic mass is 9.99. The second-order valence-corrected chi connectivity index (χ2v) is 4.86. The molecule has 1 aromatic heterocycles. The number of hydrogen-bond donors (Lipinski definition) is 1. The van der Waals surface area contributed by atoms with E-state index >= 15 is 0 Å². The van der Waals surface area contributed by atoms with Crippen LogP contribution in [-0.4, -0.2) is 16.6 Å². The normalized spacial score (nSPS) is 12.6. The van der Waals surface area contributed by atoms with Crippen molar-refractivity contribution in [3.8, 4) is 0 Å². The fourth-order valence-corrected chi connectivity index (χ4v) is 2.30. The first kappa shape index (κ1) is 13.7. The number of benzene rings is 1. The van der Waals surface area contributed by atoms with Gasteiger partial charge >= 0.3 is 0 Å². The maximum absolute atomic E-state index is 13.9. The van der Waals surface area contributed by atoms with E-state index < -0.39 is 0 Å². The summed E-state index contributed by atoms with van der Waals surface area (Å²) in [7, 11) is 3.84. The van der Waals surface area contributed by atoms with Gasteiger partial charge in [-0.3, -0.25) is 0 Å². The van der Waals surface area contributed by atoms with E-state index in [9.17, 15) is 4.39 Å². The molecule has 19 heavy (non-hydrogen) atoms. The molecule has 0 amide bonds. The Hall–Kier alpha value is -1.68. The molecule has 3 nitrogen and oxygen atoms in total. The fraction of sp³-hybridized carbons (Fsp3) is 0.400. The number of nitrogens with zero attached hydrogens (tertiary/aromatic N) is 2. The number of nitrogens with one attached hydrogen (secondary N) is 1. The third-order valence-corrected chi connectivity index (χ3v) is 3.45. The van der Waals surface area contributed by atoms with Crippen molar-refractivity contribution in [1.82, 2.24) is 14.9 Å². The molecule has 0 bridgehead atoms. The van der Waals surface area contributed by atoms with Gasteiger partial charge in [0.15, 0.2) is 0 Å². The average molecular weight is 261 g/mol. The van der Waals surface area contributed by atoms with Crippen molar-refractivity contribution in [2.45, 2.75) is 25.8 Å². The van der Waals surface area contributed by atoms with Crippen molar-refractivity contribution < 1.29 is 4.39 Å². The molecule has 0 aliphatic carbocycles. The van der Waals surface area contributed by atoms with Crippen LogP contribution in [0, 0.1) is 12.7 Å². The Bertz CT molecular complexity index is 548. The van der Waals surface area contributed by atoms with E-state index in [2.05, 4.69) is 10.3 Å². The van der Waals surface area contributed by atoms with E-state index in [0.29, 0.717) is 0 Å². The van der Waals surface area contributed by atoms with Crippen LogP contribution >= 0.6 is 0 Å². The summed E-state index contributed by atoms with van der Waals surface area (Å²) >= 11 is 0. The van der Waals surface area contributed by atoms with Gasteiger partial charge in [0, 0.05) is 37.5 Å². The summed E-state index contributed by atoms with van der Waals surface area (Å²) in [5, 5.41) is 3.19. The molecule has 0 saturated heterocycles. The maximum Gasteiger partial charge on any atom is 0.127 e. The molecule has 0 aliphatic heterocycles. The molecule has 2 aromatic rings. The largest absolute Gasteiger partial charge is 0.338 e. The van der Waals surface area contributed by atoms with Crippen molar-refractivity contribution in [2.24, 2.45) is 7.05 Å². The molecule has 0 aliphatic rings. The summed E-state index contributed by atoms with van der Waals surface area (Å²) in [6.45, 7) is 1.98. The van der Waals surface area contributed by atoms with Gasteiger partial charge in [-0.25, -0.2) is 9.37 Å². The van der Waals surface area contributed by atoms with Crippen LogP contribution in [-0.2, 0) is 13.5 Å². The van der Waals surface area contributed by atoms with Crippen molar-refractivity contribution in [1.29, 1.82) is 0 Å². The Labute approximate surface area is 113 Å². The molecule has 102 valence electrons. The molecular weight excluding hydrogens is 241 g/mol. The highest BCUT2D eigenvalue weighted by molar-refractivity contribution is 5.27. The molecule has 1 aromatic carbocycles. The molecular formula is C15H20FN3. The Morgan fingerprint density at radius 3 is 2.84 bits per heavy atom. The van der Waals surface area contributed by atoms with Gasteiger partial charge in [-0.2, -0.15) is 0 Å². The van der Waals surface area contributed by atoms with Gasteiger partial charge in [0.05, 0.1) is 0 Å². The second kappa shape index (κ2) is 5.97. The van der Waals surface area contributed by atoms with E-state index in [1.807, 2.05) is 37.8 Å². The molecule has 0 fully saturated rings. The van der Waals surface area contributed by atoms with Gasteiger partial charge < -0.3 is 9.88 Å².